The highest BCUT2D eigenvalue weighted by Gasteiger charge is 2.34. The second-order valence-corrected chi connectivity index (χ2v) is 4.98. The minimum Gasteiger partial charge on any atom is -0.480 e. The van der Waals surface area contributed by atoms with E-state index < -0.39 is 12.0 Å². The smallest absolute Gasteiger partial charge is 0.326 e. The monoisotopic (exact) mass is 290 g/mol. The molecule has 0 radical (unpaired) electrons. The second kappa shape index (κ2) is 6.39. The topological polar surface area (TPSA) is 86.7 Å². The standard InChI is InChI=1S/C15H18N2O4/c1-2-13(18)16-11-6-3-5-10(9-11)14(19)17-8-4-7-12(17)15(20)21/h3,5-6,9,12H,2,4,7-8H2,1H3,(H,16,18)(H,20,21). The molecule has 1 aliphatic heterocycles. The van der Waals surface area contributed by atoms with Gasteiger partial charge in [0.1, 0.15) is 6.04 Å². The Morgan fingerprint density at radius 1 is 1.38 bits per heavy atom. The Morgan fingerprint density at radius 2 is 2.14 bits per heavy atom. The van der Waals surface area contributed by atoms with Crippen LogP contribution >= 0.6 is 0 Å². The molecule has 0 spiro atoms. The van der Waals surface area contributed by atoms with Crippen LogP contribution in [0, 0.1) is 0 Å². The summed E-state index contributed by atoms with van der Waals surface area (Å²) in [5.41, 5.74) is 0.927. The lowest BCUT2D eigenvalue weighted by Crippen LogP contribution is -2.40. The van der Waals surface area contributed by atoms with Gasteiger partial charge in [-0.05, 0) is 31.0 Å². The van der Waals surface area contributed by atoms with Gasteiger partial charge < -0.3 is 15.3 Å². The first kappa shape index (κ1) is 15.0. The quantitative estimate of drug-likeness (QED) is 0.884. The molecule has 1 fully saturated rings. The number of benzene rings is 1. The molecule has 112 valence electrons. The first-order valence-electron chi connectivity index (χ1n) is 6.96. The zero-order chi connectivity index (χ0) is 15.4. The van der Waals surface area contributed by atoms with Crippen molar-refractivity contribution < 1.29 is 19.5 Å². The summed E-state index contributed by atoms with van der Waals surface area (Å²) in [5.74, 6) is -1.42. The molecular formula is C15H18N2O4. The maximum Gasteiger partial charge on any atom is 0.326 e. The van der Waals surface area contributed by atoms with E-state index in [-0.39, 0.29) is 11.8 Å². The average molecular weight is 290 g/mol. The van der Waals surface area contributed by atoms with Crippen LogP contribution in [-0.4, -0.2) is 40.4 Å². The van der Waals surface area contributed by atoms with Crippen LogP contribution in [0.5, 0.6) is 0 Å². The van der Waals surface area contributed by atoms with Crippen molar-refractivity contribution in [2.75, 3.05) is 11.9 Å². The summed E-state index contributed by atoms with van der Waals surface area (Å²) in [6, 6.07) is 5.81. The van der Waals surface area contributed by atoms with E-state index >= 15 is 0 Å². The maximum atomic E-state index is 12.4. The molecule has 21 heavy (non-hydrogen) atoms. The van der Waals surface area contributed by atoms with Gasteiger partial charge in [0.2, 0.25) is 5.91 Å². The number of carboxylic acid groups (broad SMARTS) is 1. The summed E-state index contributed by atoms with van der Waals surface area (Å²) in [4.78, 5) is 36.3. The summed E-state index contributed by atoms with van der Waals surface area (Å²) in [6.45, 7) is 2.19. The minimum absolute atomic E-state index is 0.135. The largest absolute Gasteiger partial charge is 0.480 e. The number of aliphatic carboxylic acids is 1. The number of nitrogens with one attached hydrogen (secondary N) is 1. The minimum atomic E-state index is -0.976. The Morgan fingerprint density at radius 3 is 2.81 bits per heavy atom. The molecule has 6 nitrogen and oxygen atoms in total. The Bertz CT molecular complexity index is 571. The number of nitrogens with zero attached hydrogens (tertiary/aromatic N) is 1. The average Bonchev–Trinajstić information content (AvgIpc) is 2.96. The van der Waals surface area contributed by atoms with Gasteiger partial charge in [-0.3, -0.25) is 9.59 Å². The number of carboxylic acids is 1. The van der Waals surface area contributed by atoms with Gasteiger partial charge in [0, 0.05) is 24.2 Å². The summed E-state index contributed by atoms with van der Waals surface area (Å²) in [6.07, 6.45) is 1.52. The van der Waals surface area contributed by atoms with Gasteiger partial charge in [0.05, 0.1) is 0 Å². The summed E-state index contributed by atoms with van der Waals surface area (Å²) in [7, 11) is 0. The lowest BCUT2D eigenvalue weighted by atomic mass is 10.1. The van der Waals surface area contributed by atoms with E-state index in [0.29, 0.717) is 37.1 Å². The van der Waals surface area contributed by atoms with E-state index in [0.717, 1.165) is 0 Å². The molecule has 1 aromatic rings. The third kappa shape index (κ3) is 3.39. The molecule has 1 aliphatic rings. The van der Waals surface area contributed by atoms with Crippen molar-refractivity contribution in [3.63, 3.8) is 0 Å². The molecule has 6 heteroatoms. The molecule has 1 heterocycles. The number of carbonyl (C=O) groups excluding carboxylic acids is 2. The number of anilines is 1. The highest BCUT2D eigenvalue weighted by molar-refractivity contribution is 5.99. The predicted octanol–water partition coefficient (Wildman–Crippen LogP) is 1.72. The van der Waals surface area contributed by atoms with Crippen LogP contribution in [0.15, 0.2) is 24.3 Å². The number of rotatable bonds is 4. The fourth-order valence-corrected chi connectivity index (χ4v) is 2.41. The molecule has 2 rings (SSSR count). The van der Waals surface area contributed by atoms with Gasteiger partial charge in [-0.15, -0.1) is 0 Å². The fraction of sp³-hybridized carbons (Fsp3) is 0.400. The molecule has 1 unspecified atom stereocenters. The van der Waals surface area contributed by atoms with E-state index in [1.165, 1.54) is 4.90 Å². The number of carbonyl (C=O) groups is 3. The summed E-state index contributed by atoms with van der Waals surface area (Å²) >= 11 is 0. The molecule has 1 aromatic carbocycles. The van der Waals surface area contributed by atoms with Gasteiger partial charge in [0.15, 0.2) is 0 Å². The Balaban J connectivity index is 2.17. The normalized spacial score (nSPS) is 17.6. The highest BCUT2D eigenvalue weighted by Crippen LogP contribution is 2.21. The van der Waals surface area contributed by atoms with E-state index in [1.54, 1.807) is 31.2 Å². The first-order valence-corrected chi connectivity index (χ1v) is 6.96. The van der Waals surface area contributed by atoms with Crippen molar-refractivity contribution in [1.29, 1.82) is 0 Å². The third-order valence-electron chi connectivity index (χ3n) is 3.51. The lowest BCUT2D eigenvalue weighted by Gasteiger charge is -2.21. The van der Waals surface area contributed by atoms with Crippen LogP contribution in [0.4, 0.5) is 5.69 Å². The van der Waals surface area contributed by atoms with E-state index in [4.69, 9.17) is 5.11 Å². The molecular weight excluding hydrogens is 272 g/mol. The highest BCUT2D eigenvalue weighted by atomic mass is 16.4. The van der Waals surface area contributed by atoms with Crippen LogP contribution in [0.1, 0.15) is 36.5 Å². The Kier molecular flexibility index (Phi) is 4.57. The molecule has 2 amide bonds. The number of likely N-dealkylation sites (tertiary alicyclic amines) is 1. The predicted molar refractivity (Wildman–Crippen MR) is 77.1 cm³/mol. The molecule has 0 bridgehead atoms. The van der Waals surface area contributed by atoms with Gasteiger partial charge >= 0.3 is 5.97 Å². The number of hydrogen-bond acceptors (Lipinski definition) is 3. The van der Waals surface area contributed by atoms with Crippen LogP contribution in [0.25, 0.3) is 0 Å². The molecule has 2 N–H and O–H groups in total. The fourth-order valence-electron chi connectivity index (χ4n) is 2.41. The van der Waals surface area contributed by atoms with Crippen LogP contribution in [-0.2, 0) is 9.59 Å². The van der Waals surface area contributed by atoms with Gasteiger partial charge in [-0.2, -0.15) is 0 Å². The van der Waals surface area contributed by atoms with Crippen molar-refractivity contribution in [3.8, 4) is 0 Å². The van der Waals surface area contributed by atoms with E-state index in [2.05, 4.69) is 5.32 Å². The second-order valence-electron chi connectivity index (χ2n) is 4.98. The zero-order valence-electron chi connectivity index (χ0n) is 11.8. The Labute approximate surface area is 122 Å². The molecule has 1 saturated heterocycles. The van der Waals surface area contributed by atoms with Crippen molar-refractivity contribution in [2.24, 2.45) is 0 Å². The Hall–Kier alpha value is -2.37. The molecule has 0 aliphatic carbocycles. The maximum absolute atomic E-state index is 12.4. The SMILES string of the molecule is CCC(=O)Nc1cccc(C(=O)N2CCCC2C(=O)O)c1. The van der Waals surface area contributed by atoms with Gasteiger partial charge in [-0.25, -0.2) is 4.79 Å². The molecule has 0 aromatic heterocycles. The zero-order valence-corrected chi connectivity index (χ0v) is 11.8. The third-order valence-corrected chi connectivity index (χ3v) is 3.51. The lowest BCUT2D eigenvalue weighted by molar-refractivity contribution is -0.141. The van der Waals surface area contributed by atoms with Crippen LogP contribution in [0.2, 0.25) is 0 Å². The first-order chi connectivity index (χ1) is 10.0. The number of hydrogen-bond donors (Lipinski definition) is 2. The summed E-state index contributed by atoms with van der Waals surface area (Å²) < 4.78 is 0. The van der Waals surface area contributed by atoms with Crippen molar-refractivity contribution in [1.82, 2.24) is 4.90 Å². The van der Waals surface area contributed by atoms with Crippen molar-refractivity contribution in [2.45, 2.75) is 32.2 Å². The van der Waals surface area contributed by atoms with Crippen molar-refractivity contribution >= 4 is 23.5 Å². The van der Waals surface area contributed by atoms with E-state index in [9.17, 15) is 14.4 Å². The van der Waals surface area contributed by atoms with Gasteiger partial charge in [-0.1, -0.05) is 13.0 Å². The van der Waals surface area contributed by atoms with Crippen LogP contribution in [0.3, 0.4) is 0 Å². The van der Waals surface area contributed by atoms with Gasteiger partial charge in [0.25, 0.3) is 5.91 Å². The molecule has 1 atom stereocenters. The van der Waals surface area contributed by atoms with Crippen LogP contribution < -0.4 is 5.32 Å². The van der Waals surface area contributed by atoms with Crippen molar-refractivity contribution in [3.05, 3.63) is 29.8 Å². The molecule has 0 saturated carbocycles. The van der Waals surface area contributed by atoms with E-state index in [1.807, 2.05) is 0 Å². The summed E-state index contributed by atoms with van der Waals surface area (Å²) in [5, 5.41) is 11.8. The number of amides is 2.